The topological polar surface area (TPSA) is 43.1 Å². The van der Waals surface area contributed by atoms with Gasteiger partial charge in [0.2, 0.25) is 0 Å². The van der Waals surface area contributed by atoms with Crippen molar-refractivity contribution < 1.29 is 4.92 Å². The minimum atomic E-state index is -0.367. The van der Waals surface area contributed by atoms with Crippen molar-refractivity contribution in [2.45, 2.75) is 31.0 Å². The fourth-order valence-corrected chi connectivity index (χ4v) is 2.92. The Morgan fingerprint density at radius 2 is 1.81 bits per heavy atom. The molecule has 0 amide bonds. The predicted octanol–water partition coefficient (Wildman–Crippen LogP) is 4.84. The SMILES string of the molecule is Cc1ccccc1CCC(Br)Cc1ccc([N+](=O)[O-])cc1. The Labute approximate surface area is 133 Å². The van der Waals surface area contributed by atoms with Crippen molar-refractivity contribution in [3.8, 4) is 0 Å². The van der Waals surface area contributed by atoms with Gasteiger partial charge in [-0.15, -0.1) is 0 Å². The Balaban J connectivity index is 1.88. The quantitative estimate of drug-likeness (QED) is 0.426. The summed E-state index contributed by atoms with van der Waals surface area (Å²) in [7, 11) is 0. The van der Waals surface area contributed by atoms with Crippen molar-refractivity contribution in [1.82, 2.24) is 0 Å². The van der Waals surface area contributed by atoms with Crippen LogP contribution in [0.4, 0.5) is 5.69 Å². The van der Waals surface area contributed by atoms with Crippen LogP contribution >= 0.6 is 15.9 Å². The molecule has 0 saturated heterocycles. The maximum atomic E-state index is 10.6. The average molecular weight is 348 g/mol. The summed E-state index contributed by atoms with van der Waals surface area (Å²) in [6.45, 7) is 2.13. The van der Waals surface area contributed by atoms with Gasteiger partial charge in [-0.05, 0) is 42.9 Å². The molecule has 0 aliphatic rings. The maximum absolute atomic E-state index is 10.6. The van der Waals surface area contributed by atoms with E-state index in [4.69, 9.17) is 0 Å². The first-order chi connectivity index (χ1) is 10.1. The lowest BCUT2D eigenvalue weighted by Crippen LogP contribution is -2.05. The van der Waals surface area contributed by atoms with Gasteiger partial charge in [0.15, 0.2) is 0 Å². The van der Waals surface area contributed by atoms with Gasteiger partial charge in [-0.25, -0.2) is 0 Å². The van der Waals surface area contributed by atoms with Crippen LogP contribution in [0.5, 0.6) is 0 Å². The number of benzene rings is 2. The summed E-state index contributed by atoms with van der Waals surface area (Å²) in [5.74, 6) is 0. The number of non-ortho nitro benzene ring substituents is 1. The van der Waals surface area contributed by atoms with Gasteiger partial charge in [-0.3, -0.25) is 10.1 Å². The molecule has 0 heterocycles. The van der Waals surface area contributed by atoms with Gasteiger partial charge in [0.05, 0.1) is 4.92 Å². The molecule has 1 unspecified atom stereocenters. The lowest BCUT2D eigenvalue weighted by atomic mass is 10.0. The number of nitro benzene ring substituents is 1. The summed E-state index contributed by atoms with van der Waals surface area (Å²) >= 11 is 3.71. The fraction of sp³-hybridized carbons (Fsp3) is 0.294. The molecule has 0 fully saturated rings. The van der Waals surface area contributed by atoms with Crippen LogP contribution < -0.4 is 0 Å². The van der Waals surface area contributed by atoms with Crippen molar-refractivity contribution in [3.63, 3.8) is 0 Å². The van der Waals surface area contributed by atoms with Gasteiger partial charge in [0.1, 0.15) is 0 Å². The highest BCUT2D eigenvalue weighted by Gasteiger charge is 2.09. The zero-order chi connectivity index (χ0) is 15.2. The van der Waals surface area contributed by atoms with Crippen molar-refractivity contribution in [2.24, 2.45) is 0 Å². The highest BCUT2D eigenvalue weighted by atomic mass is 79.9. The summed E-state index contributed by atoms with van der Waals surface area (Å²) in [4.78, 5) is 10.6. The first-order valence-electron chi connectivity index (χ1n) is 6.98. The summed E-state index contributed by atoms with van der Waals surface area (Å²) < 4.78 is 0. The van der Waals surface area contributed by atoms with Gasteiger partial charge < -0.3 is 0 Å². The fourth-order valence-electron chi connectivity index (χ4n) is 2.31. The number of halogens is 1. The molecular weight excluding hydrogens is 330 g/mol. The van der Waals surface area contributed by atoms with E-state index < -0.39 is 0 Å². The number of aryl methyl sites for hydroxylation is 2. The highest BCUT2D eigenvalue weighted by molar-refractivity contribution is 9.09. The Kier molecular flexibility index (Phi) is 5.51. The Hall–Kier alpha value is -1.68. The highest BCUT2D eigenvalue weighted by Crippen LogP contribution is 2.19. The smallest absolute Gasteiger partial charge is 0.258 e. The monoisotopic (exact) mass is 347 g/mol. The summed E-state index contributed by atoms with van der Waals surface area (Å²) in [6.07, 6.45) is 2.96. The summed E-state index contributed by atoms with van der Waals surface area (Å²) in [6, 6.07) is 15.2. The van der Waals surface area contributed by atoms with Crippen LogP contribution in [0.3, 0.4) is 0 Å². The van der Waals surface area contributed by atoms with Crippen LogP contribution in [0.2, 0.25) is 0 Å². The second-order valence-corrected chi connectivity index (χ2v) is 6.49. The van der Waals surface area contributed by atoms with Gasteiger partial charge >= 0.3 is 0 Å². The van der Waals surface area contributed by atoms with Crippen LogP contribution in [-0.4, -0.2) is 9.75 Å². The molecule has 1 atom stereocenters. The van der Waals surface area contributed by atoms with E-state index in [2.05, 4.69) is 47.1 Å². The lowest BCUT2D eigenvalue weighted by Gasteiger charge is -2.11. The molecule has 4 heteroatoms. The number of rotatable bonds is 6. The average Bonchev–Trinajstić information content (AvgIpc) is 2.47. The van der Waals surface area contributed by atoms with Gasteiger partial charge in [0.25, 0.3) is 5.69 Å². The Morgan fingerprint density at radius 3 is 2.43 bits per heavy atom. The van der Waals surface area contributed by atoms with E-state index in [9.17, 15) is 10.1 Å². The number of hydrogen-bond acceptors (Lipinski definition) is 2. The molecule has 3 nitrogen and oxygen atoms in total. The normalized spacial score (nSPS) is 12.1. The molecule has 21 heavy (non-hydrogen) atoms. The van der Waals surface area contributed by atoms with Crippen molar-refractivity contribution in [3.05, 3.63) is 75.3 Å². The predicted molar refractivity (Wildman–Crippen MR) is 89.0 cm³/mol. The second kappa shape index (κ2) is 7.36. The van der Waals surface area contributed by atoms with Gasteiger partial charge in [-0.1, -0.05) is 52.3 Å². The van der Waals surface area contributed by atoms with Crippen molar-refractivity contribution >= 4 is 21.6 Å². The first-order valence-corrected chi connectivity index (χ1v) is 7.89. The van der Waals surface area contributed by atoms with Crippen LogP contribution in [-0.2, 0) is 12.8 Å². The number of nitrogens with zero attached hydrogens (tertiary/aromatic N) is 1. The molecule has 0 N–H and O–H groups in total. The molecule has 0 saturated carbocycles. The zero-order valence-electron chi connectivity index (χ0n) is 12.0. The van der Waals surface area contributed by atoms with Gasteiger partial charge in [-0.2, -0.15) is 0 Å². The first kappa shape index (κ1) is 15.7. The third-order valence-corrected chi connectivity index (χ3v) is 4.37. The maximum Gasteiger partial charge on any atom is 0.269 e. The van der Waals surface area contributed by atoms with E-state index in [1.165, 1.54) is 11.1 Å². The van der Waals surface area contributed by atoms with Crippen molar-refractivity contribution in [2.75, 3.05) is 0 Å². The zero-order valence-corrected chi connectivity index (χ0v) is 13.5. The van der Waals surface area contributed by atoms with E-state index in [0.717, 1.165) is 24.8 Å². The van der Waals surface area contributed by atoms with Crippen LogP contribution in [0, 0.1) is 17.0 Å². The van der Waals surface area contributed by atoms with E-state index >= 15 is 0 Å². The molecule has 0 aromatic heterocycles. The Morgan fingerprint density at radius 1 is 1.14 bits per heavy atom. The summed E-state index contributed by atoms with van der Waals surface area (Å²) in [5.41, 5.74) is 3.97. The van der Waals surface area contributed by atoms with E-state index in [1.807, 2.05) is 12.1 Å². The largest absolute Gasteiger partial charge is 0.269 e. The lowest BCUT2D eigenvalue weighted by molar-refractivity contribution is -0.384. The molecule has 0 radical (unpaired) electrons. The molecule has 0 spiro atoms. The molecular formula is C17H18BrNO2. The van der Waals surface area contributed by atoms with E-state index in [-0.39, 0.29) is 10.6 Å². The van der Waals surface area contributed by atoms with Crippen LogP contribution in [0.25, 0.3) is 0 Å². The van der Waals surface area contributed by atoms with Crippen molar-refractivity contribution in [1.29, 1.82) is 0 Å². The minimum absolute atomic E-state index is 0.143. The number of nitro groups is 1. The molecule has 0 bridgehead atoms. The number of alkyl halides is 1. The third kappa shape index (κ3) is 4.67. The molecule has 110 valence electrons. The standard InChI is InChI=1S/C17H18BrNO2/c1-13-4-2-3-5-15(13)8-9-16(18)12-14-6-10-17(11-7-14)19(20)21/h2-7,10-11,16H,8-9,12H2,1H3. The Bertz CT molecular complexity index is 610. The third-order valence-electron chi connectivity index (χ3n) is 3.59. The van der Waals surface area contributed by atoms with Crippen LogP contribution in [0.1, 0.15) is 23.1 Å². The van der Waals surface area contributed by atoms with Gasteiger partial charge in [0, 0.05) is 17.0 Å². The number of hydrogen-bond donors (Lipinski definition) is 0. The minimum Gasteiger partial charge on any atom is -0.258 e. The molecule has 2 rings (SSSR count). The molecule has 2 aromatic carbocycles. The van der Waals surface area contributed by atoms with Crippen LogP contribution in [0.15, 0.2) is 48.5 Å². The molecule has 0 aliphatic heterocycles. The van der Waals surface area contributed by atoms with E-state index in [0.29, 0.717) is 4.83 Å². The summed E-state index contributed by atoms with van der Waals surface area (Å²) in [5, 5.41) is 10.6. The van der Waals surface area contributed by atoms with E-state index in [1.54, 1.807) is 12.1 Å². The molecule has 0 aliphatic carbocycles. The second-order valence-electron chi connectivity index (χ2n) is 5.19. The molecule has 2 aromatic rings.